The van der Waals surface area contributed by atoms with E-state index in [1.807, 2.05) is 0 Å². The molecule has 1 fully saturated rings. The van der Waals surface area contributed by atoms with Gasteiger partial charge in [0.15, 0.2) is 0 Å². The van der Waals surface area contributed by atoms with E-state index in [2.05, 4.69) is 19.2 Å². The molecule has 21 heavy (non-hydrogen) atoms. The average molecular weight is 299 g/mol. The van der Waals surface area contributed by atoms with E-state index >= 15 is 0 Å². The van der Waals surface area contributed by atoms with Crippen LogP contribution in [0, 0.1) is 11.8 Å². The van der Waals surface area contributed by atoms with Gasteiger partial charge in [-0.3, -0.25) is 0 Å². The molecule has 1 N–H and O–H groups in total. The van der Waals surface area contributed by atoms with Crippen molar-refractivity contribution in [2.45, 2.75) is 58.3 Å². The standard InChI is InChI=1S/C17H24F3N/c1-12(2)15-5-3-4-6-16(15)21-11-13-7-9-14(10-8-13)17(18,19)20/h7-10,12,15-16,21H,3-6,11H2,1-2H3. The van der Waals surface area contributed by atoms with Crippen molar-refractivity contribution in [3.8, 4) is 0 Å². The molecule has 0 radical (unpaired) electrons. The van der Waals surface area contributed by atoms with E-state index in [0.29, 0.717) is 24.4 Å². The third-order valence-electron chi connectivity index (χ3n) is 4.53. The number of halogens is 3. The van der Waals surface area contributed by atoms with Gasteiger partial charge >= 0.3 is 6.18 Å². The Morgan fingerprint density at radius 3 is 2.29 bits per heavy atom. The van der Waals surface area contributed by atoms with E-state index in [9.17, 15) is 13.2 Å². The highest BCUT2D eigenvalue weighted by Crippen LogP contribution is 2.31. The lowest BCUT2D eigenvalue weighted by Gasteiger charge is -2.35. The van der Waals surface area contributed by atoms with Crippen LogP contribution in [0.25, 0.3) is 0 Å². The number of rotatable bonds is 4. The Bertz CT molecular complexity index is 436. The van der Waals surface area contributed by atoms with Gasteiger partial charge in [0.25, 0.3) is 0 Å². The zero-order valence-corrected chi connectivity index (χ0v) is 12.7. The van der Waals surface area contributed by atoms with Gasteiger partial charge in [-0.2, -0.15) is 13.2 Å². The van der Waals surface area contributed by atoms with Gasteiger partial charge in [0.1, 0.15) is 0 Å². The molecule has 1 aromatic carbocycles. The molecule has 0 heterocycles. The summed E-state index contributed by atoms with van der Waals surface area (Å²) in [4.78, 5) is 0. The molecule has 0 aliphatic heterocycles. The Labute approximate surface area is 124 Å². The predicted molar refractivity (Wildman–Crippen MR) is 78.9 cm³/mol. The minimum atomic E-state index is -4.25. The molecule has 1 aliphatic carbocycles. The zero-order valence-electron chi connectivity index (χ0n) is 12.7. The van der Waals surface area contributed by atoms with Gasteiger partial charge in [0.05, 0.1) is 5.56 Å². The van der Waals surface area contributed by atoms with E-state index in [1.54, 1.807) is 12.1 Å². The summed E-state index contributed by atoms with van der Waals surface area (Å²) >= 11 is 0. The van der Waals surface area contributed by atoms with Crippen LogP contribution in [-0.2, 0) is 12.7 Å². The van der Waals surface area contributed by atoms with E-state index in [0.717, 1.165) is 17.7 Å². The molecular formula is C17H24F3N. The third-order valence-corrected chi connectivity index (χ3v) is 4.53. The first kappa shape index (κ1) is 16.3. The maximum atomic E-state index is 12.5. The van der Waals surface area contributed by atoms with Crippen LogP contribution in [0.2, 0.25) is 0 Å². The fraction of sp³-hybridized carbons (Fsp3) is 0.647. The van der Waals surface area contributed by atoms with Crippen molar-refractivity contribution in [2.75, 3.05) is 0 Å². The van der Waals surface area contributed by atoms with Gasteiger partial charge in [-0.1, -0.05) is 38.8 Å². The molecule has 0 amide bonds. The maximum absolute atomic E-state index is 12.5. The van der Waals surface area contributed by atoms with Gasteiger partial charge < -0.3 is 5.32 Å². The number of hydrogen-bond donors (Lipinski definition) is 1. The molecule has 1 aliphatic rings. The molecule has 0 bridgehead atoms. The number of alkyl halides is 3. The summed E-state index contributed by atoms with van der Waals surface area (Å²) in [5.41, 5.74) is 0.333. The molecule has 0 saturated heterocycles. The quantitative estimate of drug-likeness (QED) is 0.824. The van der Waals surface area contributed by atoms with Crippen molar-refractivity contribution < 1.29 is 13.2 Å². The van der Waals surface area contributed by atoms with Gasteiger partial charge in [-0.15, -0.1) is 0 Å². The summed E-state index contributed by atoms with van der Waals surface area (Å²) in [6, 6.07) is 5.96. The van der Waals surface area contributed by atoms with Crippen molar-refractivity contribution in [1.29, 1.82) is 0 Å². The zero-order chi connectivity index (χ0) is 15.5. The maximum Gasteiger partial charge on any atom is 0.416 e. The minimum Gasteiger partial charge on any atom is -0.310 e. The van der Waals surface area contributed by atoms with Crippen LogP contribution < -0.4 is 5.32 Å². The molecule has 2 unspecified atom stereocenters. The summed E-state index contributed by atoms with van der Waals surface area (Å²) in [6.45, 7) is 5.15. The highest BCUT2D eigenvalue weighted by Gasteiger charge is 2.30. The van der Waals surface area contributed by atoms with E-state index < -0.39 is 11.7 Å². The summed E-state index contributed by atoms with van der Waals surface area (Å²) in [5, 5.41) is 3.55. The Kier molecular flexibility index (Phi) is 5.31. The lowest BCUT2D eigenvalue weighted by atomic mass is 9.78. The summed E-state index contributed by atoms with van der Waals surface area (Å²) in [7, 11) is 0. The van der Waals surface area contributed by atoms with Crippen molar-refractivity contribution in [1.82, 2.24) is 5.32 Å². The molecule has 1 saturated carbocycles. The summed E-state index contributed by atoms with van der Waals surface area (Å²) in [5.74, 6) is 1.32. The molecule has 2 rings (SSSR count). The number of hydrogen-bond acceptors (Lipinski definition) is 1. The monoisotopic (exact) mass is 299 g/mol. The topological polar surface area (TPSA) is 12.0 Å². The van der Waals surface area contributed by atoms with Gasteiger partial charge in [-0.25, -0.2) is 0 Å². The first-order valence-electron chi connectivity index (χ1n) is 7.77. The highest BCUT2D eigenvalue weighted by molar-refractivity contribution is 5.24. The van der Waals surface area contributed by atoms with Crippen LogP contribution in [0.5, 0.6) is 0 Å². The smallest absolute Gasteiger partial charge is 0.310 e. The van der Waals surface area contributed by atoms with Crippen LogP contribution in [0.1, 0.15) is 50.7 Å². The molecule has 1 nitrogen and oxygen atoms in total. The van der Waals surface area contributed by atoms with Crippen molar-refractivity contribution in [3.63, 3.8) is 0 Å². The first-order valence-corrected chi connectivity index (χ1v) is 7.77. The summed E-state index contributed by atoms with van der Waals surface area (Å²) in [6.07, 6.45) is 0.707. The molecule has 118 valence electrons. The fourth-order valence-electron chi connectivity index (χ4n) is 3.27. The first-order chi connectivity index (χ1) is 9.88. The van der Waals surface area contributed by atoms with E-state index in [1.165, 1.54) is 25.7 Å². The molecule has 2 atom stereocenters. The van der Waals surface area contributed by atoms with Crippen molar-refractivity contribution in [2.24, 2.45) is 11.8 Å². The molecule has 0 aromatic heterocycles. The van der Waals surface area contributed by atoms with Crippen LogP contribution in [-0.4, -0.2) is 6.04 Å². The Morgan fingerprint density at radius 2 is 1.71 bits per heavy atom. The van der Waals surface area contributed by atoms with Crippen LogP contribution in [0.4, 0.5) is 13.2 Å². The molecule has 0 spiro atoms. The number of benzene rings is 1. The molecule has 1 aromatic rings. The largest absolute Gasteiger partial charge is 0.416 e. The summed E-state index contributed by atoms with van der Waals surface area (Å²) < 4.78 is 37.6. The van der Waals surface area contributed by atoms with E-state index in [4.69, 9.17) is 0 Å². The van der Waals surface area contributed by atoms with Gasteiger partial charge in [0, 0.05) is 12.6 Å². The minimum absolute atomic E-state index is 0.487. The van der Waals surface area contributed by atoms with E-state index in [-0.39, 0.29) is 0 Å². The molecular weight excluding hydrogens is 275 g/mol. The lowest BCUT2D eigenvalue weighted by molar-refractivity contribution is -0.137. The van der Waals surface area contributed by atoms with Crippen LogP contribution >= 0.6 is 0 Å². The van der Waals surface area contributed by atoms with Gasteiger partial charge in [-0.05, 0) is 42.4 Å². The Morgan fingerprint density at radius 1 is 1.10 bits per heavy atom. The van der Waals surface area contributed by atoms with Crippen molar-refractivity contribution in [3.05, 3.63) is 35.4 Å². The average Bonchev–Trinajstić information content (AvgIpc) is 2.45. The Hall–Kier alpha value is -1.03. The predicted octanol–water partition coefficient (Wildman–Crippen LogP) is 5.01. The highest BCUT2D eigenvalue weighted by atomic mass is 19.4. The van der Waals surface area contributed by atoms with Crippen molar-refractivity contribution >= 4 is 0 Å². The Balaban J connectivity index is 1.93. The SMILES string of the molecule is CC(C)C1CCCCC1NCc1ccc(C(F)(F)F)cc1. The third kappa shape index (κ3) is 4.47. The fourth-order valence-corrected chi connectivity index (χ4v) is 3.27. The van der Waals surface area contributed by atoms with Gasteiger partial charge in [0.2, 0.25) is 0 Å². The van der Waals surface area contributed by atoms with Crippen LogP contribution in [0.3, 0.4) is 0 Å². The second-order valence-corrected chi connectivity index (χ2v) is 6.37. The molecule has 4 heteroatoms. The normalized spacial score (nSPS) is 23.5. The second-order valence-electron chi connectivity index (χ2n) is 6.37. The lowest BCUT2D eigenvalue weighted by Crippen LogP contribution is -2.40. The number of nitrogens with one attached hydrogen (secondary N) is 1. The van der Waals surface area contributed by atoms with Crippen LogP contribution in [0.15, 0.2) is 24.3 Å². The second kappa shape index (κ2) is 6.82.